The Balaban J connectivity index is 1.62. The van der Waals surface area contributed by atoms with Gasteiger partial charge in [-0.05, 0) is 68.2 Å². The maximum atomic E-state index is 13.9. The third-order valence-electron chi connectivity index (χ3n) is 7.44. The number of nitrogens with zero attached hydrogens (tertiary/aromatic N) is 2. The number of fused-ring (bicyclic) bond motifs is 3. The summed E-state index contributed by atoms with van der Waals surface area (Å²) < 4.78 is 5.59. The zero-order valence-corrected chi connectivity index (χ0v) is 17.8. The number of hydrogen-bond acceptors (Lipinski definition) is 5. The van der Waals surface area contributed by atoms with Crippen LogP contribution in [0, 0.1) is 23.2 Å². The van der Waals surface area contributed by atoms with E-state index in [9.17, 15) is 9.59 Å². The Kier molecular flexibility index (Phi) is 4.60. The lowest BCUT2D eigenvalue weighted by atomic mass is 9.61. The molecule has 1 unspecified atom stereocenters. The van der Waals surface area contributed by atoms with Crippen molar-refractivity contribution in [3.05, 3.63) is 34.9 Å². The minimum absolute atomic E-state index is 0.0688. The highest BCUT2D eigenvalue weighted by Crippen LogP contribution is 2.61. The summed E-state index contributed by atoms with van der Waals surface area (Å²) in [6, 6.07) is 6.14. The fourth-order valence-electron chi connectivity index (χ4n) is 5.66. The van der Waals surface area contributed by atoms with E-state index in [1.807, 2.05) is 12.1 Å². The van der Waals surface area contributed by atoms with Gasteiger partial charge in [-0.25, -0.2) is 4.99 Å². The molecule has 0 bridgehead atoms. The van der Waals surface area contributed by atoms with E-state index in [0.717, 1.165) is 61.6 Å². The van der Waals surface area contributed by atoms with Gasteiger partial charge in [-0.3, -0.25) is 14.5 Å². The number of nitrogens with two attached hydrogens (primary N) is 2. The number of benzene rings is 1. The third-order valence-corrected chi connectivity index (χ3v) is 7.44. The molecule has 1 aromatic rings. The van der Waals surface area contributed by atoms with Crippen LogP contribution in [0.5, 0.6) is 0 Å². The van der Waals surface area contributed by atoms with Gasteiger partial charge in [0.25, 0.3) is 5.91 Å². The van der Waals surface area contributed by atoms with E-state index >= 15 is 0 Å². The minimum atomic E-state index is -1.13. The molecule has 2 saturated carbocycles. The Morgan fingerprint density at radius 1 is 1.29 bits per heavy atom. The number of guanidine groups is 1. The molecule has 1 heterocycles. The lowest BCUT2D eigenvalue weighted by Gasteiger charge is -2.45. The summed E-state index contributed by atoms with van der Waals surface area (Å²) in [5.41, 5.74) is 13.0. The lowest BCUT2D eigenvalue weighted by molar-refractivity contribution is -0.140. The summed E-state index contributed by atoms with van der Waals surface area (Å²) in [4.78, 5) is 31.6. The van der Waals surface area contributed by atoms with Crippen LogP contribution in [-0.2, 0) is 26.3 Å². The van der Waals surface area contributed by atoms with E-state index in [2.05, 4.69) is 17.9 Å². The Morgan fingerprint density at radius 2 is 2.03 bits per heavy atom. The first-order valence-electron chi connectivity index (χ1n) is 11.0. The molecule has 4 N–H and O–H groups in total. The molecule has 2 fully saturated rings. The fraction of sp³-hybridized carbons (Fsp3) is 0.542. The van der Waals surface area contributed by atoms with Crippen LogP contribution < -0.4 is 11.5 Å². The molecule has 0 aromatic heterocycles. The first-order valence-corrected chi connectivity index (χ1v) is 11.0. The van der Waals surface area contributed by atoms with Crippen LogP contribution in [0.15, 0.2) is 23.2 Å². The van der Waals surface area contributed by atoms with Gasteiger partial charge in [0.05, 0.1) is 6.10 Å². The molecule has 1 atom stereocenters. The maximum Gasteiger partial charge on any atom is 0.263 e. The summed E-state index contributed by atoms with van der Waals surface area (Å²) in [6.45, 7) is -0.261. The number of hydrogen-bond donors (Lipinski definition) is 2. The molecular weight excluding hydrogens is 392 g/mol. The molecule has 0 saturated heterocycles. The monoisotopic (exact) mass is 420 g/mol. The van der Waals surface area contributed by atoms with Crippen LogP contribution >= 0.6 is 0 Å². The van der Waals surface area contributed by atoms with Crippen LogP contribution in [0.2, 0.25) is 0 Å². The number of rotatable bonds is 3. The highest BCUT2D eigenvalue weighted by atomic mass is 16.5. The molecule has 162 valence electrons. The standard InChI is InChI=1S/C24H28N4O3/c1-31-18-8-10-23(11-9-18)13-17-7-6-16(5-4-15-2-3-15)12-19(17)24(23)21(30)28(14-20(25)29)22(26)27-24/h6-7,12,15,18H,2-3,8-11,13-14H2,1H3,(H2,25,29)(H2,26,27)/t18-,23-,24?. The van der Waals surface area contributed by atoms with E-state index in [-0.39, 0.29) is 29.9 Å². The summed E-state index contributed by atoms with van der Waals surface area (Å²) in [5.74, 6) is 6.28. The Labute approximate surface area is 182 Å². The second-order valence-electron chi connectivity index (χ2n) is 9.35. The smallest absolute Gasteiger partial charge is 0.263 e. The summed E-state index contributed by atoms with van der Waals surface area (Å²) in [5, 5.41) is 0. The quantitative estimate of drug-likeness (QED) is 0.720. The molecule has 2 amide bonds. The van der Waals surface area contributed by atoms with Crippen LogP contribution in [0.1, 0.15) is 55.2 Å². The van der Waals surface area contributed by atoms with Gasteiger partial charge in [-0.1, -0.05) is 17.9 Å². The van der Waals surface area contributed by atoms with Gasteiger partial charge in [0.2, 0.25) is 5.91 Å². The van der Waals surface area contributed by atoms with E-state index in [1.54, 1.807) is 7.11 Å². The number of carbonyl (C=O) groups excluding carboxylic acids is 2. The van der Waals surface area contributed by atoms with Gasteiger partial charge < -0.3 is 16.2 Å². The van der Waals surface area contributed by atoms with Crippen LogP contribution in [0.3, 0.4) is 0 Å². The lowest BCUT2D eigenvalue weighted by Crippen LogP contribution is -2.53. The first kappa shape index (κ1) is 20.1. The van der Waals surface area contributed by atoms with Crippen molar-refractivity contribution in [1.82, 2.24) is 4.90 Å². The minimum Gasteiger partial charge on any atom is -0.381 e. The average molecular weight is 421 g/mol. The number of methoxy groups -OCH3 is 1. The topological polar surface area (TPSA) is 111 Å². The zero-order valence-electron chi connectivity index (χ0n) is 17.8. The second kappa shape index (κ2) is 7.10. The van der Waals surface area contributed by atoms with Crippen molar-refractivity contribution in [2.24, 2.45) is 27.8 Å². The first-order chi connectivity index (χ1) is 14.9. The van der Waals surface area contributed by atoms with Crippen LogP contribution in [0.4, 0.5) is 0 Å². The maximum absolute atomic E-state index is 13.9. The number of aliphatic imine (C=N–C) groups is 1. The molecular formula is C24H28N4O3. The molecule has 7 heteroatoms. The van der Waals surface area contributed by atoms with Gasteiger partial charge in [-0.2, -0.15) is 0 Å². The Hall–Kier alpha value is -2.85. The molecule has 31 heavy (non-hydrogen) atoms. The van der Waals surface area contributed by atoms with Crippen molar-refractivity contribution >= 4 is 17.8 Å². The molecule has 3 aliphatic carbocycles. The number of carbonyl (C=O) groups is 2. The van der Waals surface area contributed by atoms with Gasteiger partial charge in [0.1, 0.15) is 6.54 Å². The number of amides is 2. The van der Waals surface area contributed by atoms with E-state index in [1.165, 1.54) is 4.90 Å². The van der Waals surface area contributed by atoms with E-state index in [0.29, 0.717) is 5.92 Å². The molecule has 1 aliphatic heterocycles. The van der Waals surface area contributed by atoms with Gasteiger partial charge in [0, 0.05) is 24.0 Å². The number of primary amides is 1. The van der Waals surface area contributed by atoms with Crippen molar-refractivity contribution in [2.75, 3.05) is 13.7 Å². The molecule has 5 rings (SSSR count). The van der Waals surface area contributed by atoms with E-state index in [4.69, 9.17) is 21.2 Å². The van der Waals surface area contributed by atoms with Gasteiger partial charge in [-0.15, -0.1) is 0 Å². The molecule has 2 spiro atoms. The summed E-state index contributed by atoms with van der Waals surface area (Å²) >= 11 is 0. The largest absolute Gasteiger partial charge is 0.381 e. The van der Waals surface area contributed by atoms with Crippen LogP contribution in [0.25, 0.3) is 0 Å². The predicted octanol–water partition coefficient (Wildman–Crippen LogP) is 1.42. The normalized spacial score (nSPS) is 31.5. The van der Waals surface area contributed by atoms with Gasteiger partial charge in [0.15, 0.2) is 11.5 Å². The fourth-order valence-corrected chi connectivity index (χ4v) is 5.66. The van der Waals surface area contributed by atoms with Crippen LogP contribution in [-0.4, -0.2) is 42.4 Å². The molecule has 1 aromatic carbocycles. The van der Waals surface area contributed by atoms with E-state index < -0.39 is 11.4 Å². The van der Waals surface area contributed by atoms with Crippen molar-refractivity contribution in [3.63, 3.8) is 0 Å². The Bertz CT molecular complexity index is 1040. The second-order valence-corrected chi connectivity index (χ2v) is 9.35. The highest BCUT2D eigenvalue weighted by Gasteiger charge is 2.66. The molecule has 7 nitrogen and oxygen atoms in total. The van der Waals surface area contributed by atoms with Crippen molar-refractivity contribution < 1.29 is 14.3 Å². The molecule has 0 radical (unpaired) electrons. The van der Waals surface area contributed by atoms with Crippen molar-refractivity contribution in [3.8, 4) is 11.8 Å². The zero-order chi connectivity index (χ0) is 21.8. The summed E-state index contributed by atoms with van der Waals surface area (Å²) in [6.07, 6.45) is 6.58. The Morgan fingerprint density at radius 3 is 2.68 bits per heavy atom. The average Bonchev–Trinajstić information content (AvgIpc) is 3.51. The van der Waals surface area contributed by atoms with Gasteiger partial charge >= 0.3 is 0 Å². The molecule has 4 aliphatic rings. The van der Waals surface area contributed by atoms with Crippen molar-refractivity contribution in [2.45, 2.75) is 56.6 Å². The predicted molar refractivity (Wildman–Crippen MR) is 116 cm³/mol. The highest BCUT2D eigenvalue weighted by molar-refractivity contribution is 6.10. The SMILES string of the molecule is CO[C@H]1CC[C@]2(CC1)Cc1ccc(C#CC3CC3)cc1C21N=C(N)N(CC(N)=O)C1=O. The van der Waals surface area contributed by atoms with Crippen molar-refractivity contribution in [1.29, 1.82) is 0 Å². The number of ether oxygens (including phenoxy) is 1. The third kappa shape index (κ3) is 3.04. The summed E-state index contributed by atoms with van der Waals surface area (Å²) in [7, 11) is 1.73.